The molecule has 0 aliphatic carbocycles. The van der Waals surface area contributed by atoms with Crippen LogP contribution in [0, 0.1) is 11.3 Å². The lowest BCUT2D eigenvalue weighted by Crippen LogP contribution is -2.48. The Balaban J connectivity index is 2.38. The summed E-state index contributed by atoms with van der Waals surface area (Å²) in [4.78, 5) is 12.7. The van der Waals surface area contributed by atoms with Crippen molar-refractivity contribution in [1.82, 2.24) is 0 Å². The monoisotopic (exact) mass is 318 g/mol. The molecule has 1 aromatic carbocycles. The summed E-state index contributed by atoms with van der Waals surface area (Å²) in [7, 11) is 0. The van der Waals surface area contributed by atoms with Gasteiger partial charge in [0.2, 0.25) is 5.91 Å². The van der Waals surface area contributed by atoms with E-state index in [1.165, 1.54) is 18.2 Å². The second kappa shape index (κ2) is 5.54. The highest BCUT2D eigenvalue weighted by Crippen LogP contribution is 2.35. The summed E-state index contributed by atoms with van der Waals surface area (Å²) in [5.41, 5.74) is 0.287. The van der Waals surface area contributed by atoms with Gasteiger partial charge in [0.05, 0.1) is 16.6 Å². The fourth-order valence-corrected chi connectivity index (χ4v) is 2.52. The van der Waals surface area contributed by atoms with Gasteiger partial charge in [0, 0.05) is 12.1 Å². The summed E-state index contributed by atoms with van der Waals surface area (Å²) >= 11 is 5.83. The molecule has 1 aliphatic heterocycles. The van der Waals surface area contributed by atoms with Crippen molar-refractivity contribution in [2.75, 3.05) is 4.90 Å². The molecule has 1 fully saturated rings. The first-order valence-corrected chi connectivity index (χ1v) is 6.40. The van der Waals surface area contributed by atoms with Crippen molar-refractivity contribution in [1.29, 1.82) is 5.26 Å². The topological polar surface area (TPSA) is 64.3 Å². The molecule has 0 radical (unpaired) electrons. The lowest BCUT2D eigenvalue weighted by atomic mass is 10.1. The molecule has 0 aromatic heterocycles. The van der Waals surface area contributed by atoms with Crippen molar-refractivity contribution in [2.24, 2.45) is 0 Å². The second-order valence-corrected chi connectivity index (χ2v) is 5.04. The number of nitriles is 1. The molecule has 4 nitrogen and oxygen atoms in total. The first-order valence-electron chi connectivity index (χ1n) is 6.02. The summed E-state index contributed by atoms with van der Waals surface area (Å²) in [6, 6.07) is 4.34. The highest BCUT2D eigenvalue weighted by molar-refractivity contribution is 6.32. The summed E-state index contributed by atoms with van der Waals surface area (Å²) in [6.45, 7) is 0. The highest BCUT2D eigenvalue weighted by atomic mass is 35.5. The van der Waals surface area contributed by atoms with E-state index in [-0.39, 0.29) is 29.1 Å². The summed E-state index contributed by atoms with van der Waals surface area (Å²) in [6.07, 6.45) is -7.63. The number of amides is 1. The quantitative estimate of drug-likeness (QED) is 0.911. The first-order chi connectivity index (χ1) is 9.75. The molecule has 1 saturated heterocycles. The Labute approximate surface area is 123 Å². The predicted molar refractivity (Wildman–Crippen MR) is 68.7 cm³/mol. The average Bonchev–Trinajstić information content (AvgIpc) is 2.78. The molecule has 0 saturated carbocycles. The fourth-order valence-electron chi connectivity index (χ4n) is 2.30. The molecule has 1 N–H and O–H groups in total. The Kier molecular flexibility index (Phi) is 4.12. The maximum absolute atomic E-state index is 12.7. The van der Waals surface area contributed by atoms with E-state index < -0.39 is 24.2 Å². The molecule has 0 bridgehead atoms. The van der Waals surface area contributed by atoms with Crippen LogP contribution >= 0.6 is 11.6 Å². The van der Waals surface area contributed by atoms with Gasteiger partial charge in [0.25, 0.3) is 0 Å². The zero-order chi connectivity index (χ0) is 15.8. The van der Waals surface area contributed by atoms with Crippen LogP contribution in [0.3, 0.4) is 0 Å². The van der Waals surface area contributed by atoms with Crippen molar-refractivity contribution in [3.63, 3.8) is 0 Å². The number of aliphatic hydroxyl groups excluding tert-OH is 1. The third-order valence-corrected chi connectivity index (χ3v) is 3.62. The van der Waals surface area contributed by atoms with E-state index in [9.17, 15) is 23.1 Å². The fraction of sp³-hybridized carbons (Fsp3) is 0.385. The number of halogens is 4. The SMILES string of the molecule is N#Cc1ccc(N2C(=O)CC[C@H]2[C@@H](O)C(F)(F)F)cc1Cl. The first kappa shape index (κ1) is 15.6. The van der Waals surface area contributed by atoms with E-state index in [2.05, 4.69) is 0 Å². The number of hydrogen-bond acceptors (Lipinski definition) is 3. The van der Waals surface area contributed by atoms with Crippen LogP contribution in [-0.4, -0.2) is 29.3 Å². The molecule has 112 valence electrons. The van der Waals surface area contributed by atoms with Gasteiger partial charge in [0.1, 0.15) is 6.07 Å². The van der Waals surface area contributed by atoms with Crippen LogP contribution in [0.25, 0.3) is 0 Å². The minimum absolute atomic E-state index is 0.0370. The van der Waals surface area contributed by atoms with E-state index >= 15 is 0 Å². The molecule has 1 aromatic rings. The minimum atomic E-state index is -4.82. The van der Waals surface area contributed by atoms with Gasteiger partial charge in [-0.1, -0.05) is 11.6 Å². The second-order valence-electron chi connectivity index (χ2n) is 4.63. The van der Waals surface area contributed by atoms with Gasteiger partial charge in [-0.05, 0) is 24.6 Å². The molecular weight excluding hydrogens is 309 g/mol. The van der Waals surface area contributed by atoms with Crippen LogP contribution in [0.4, 0.5) is 18.9 Å². The summed E-state index contributed by atoms with van der Waals surface area (Å²) < 4.78 is 38.0. The van der Waals surface area contributed by atoms with Gasteiger partial charge >= 0.3 is 6.18 Å². The number of anilines is 1. The molecule has 1 amide bonds. The van der Waals surface area contributed by atoms with Gasteiger partial charge in [-0.15, -0.1) is 0 Å². The summed E-state index contributed by atoms with van der Waals surface area (Å²) in [5.74, 6) is -0.524. The Morgan fingerprint density at radius 2 is 2.14 bits per heavy atom. The molecule has 1 heterocycles. The van der Waals surface area contributed by atoms with Crippen LogP contribution < -0.4 is 4.90 Å². The van der Waals surface area contributed by atoms with Crippen molar-refractivity contribution in [3.05, 3.63) is 28.8 Å². The lowest BCUT2D eigenvalue weighted by molar-refractivity contribution is -0.209. The smallest absolute Gasteiger partial charge is 0.382 e. The predicted octanol–water partition coefficient (Wildman–Crippen LogP) is 2.63. The molecule has 8 heteroatoms. The average molecular weight is 319 g/mol. The number of alkyl halides is 3. The number of carbonyl (C=O) groups is 1. The minimum Gasteiger partial charge on any atom is -0.382 e. The van der Waals surface area contributed by atoms with Crippen LogP contribution in [-0.2, 0) is 4.79 Å². The summed E-state index contributed by atoms with van der Waals surface area (Å²) in [5, 5.41) is 18.2. The number of aliphatic hydroxyl groups is 1. The zero-order valence-corrected chi connectivity index (χ0v) is 11.3. The molecular formula is C13H10ClF3N2O2. The van der Waals surface area contributed by atoms with Crippen LogP contribution in [0.1, 0.15) is 18.4 Å². The number of hydrogen-bond donors (Lipinski definition) is 1. The third kappa shape index (κ3) is 2.96. The van der Waals surface area contributed by atoms with Crippen LogP contribution in [0.15, 0.2) is 18.2 Å². The standard InChI is InChI=1S/C13H10ClF3N2O2/c14-9-5-8(2-1-7(9)6-18)19-10(3-4-11(19)20)12(21)13(15,16)17/h1-2,5,10,12,21H,3-4H2/t10-,12+/m0/s1. The van der Waals surface area contributed by atoms with Gasteiger partial charge in [-0.25, -0.2) is 0 Å². The number of rotatable bonds is 2. The van der Waals surface area contributed by atoms with E-state index in [0.717, 1.165) is 4.90 Å². The van der Waals surface area contributed by atoms with Gasteiger partial charge in [-0.3, -0.25) is 4.79 Å². The molecule has 2 atom stereocenters. The number of carbonyl (C=O) groups excluding carboxylic acids is 1. The van der Waals surface area contributed by atoms with Crippen molar-refractivity contribution < 1.29 is 23.1 Å². The molecule has 1 aliphatic rings. The Bertz CT molecular complexity index is 612. The molecule has 21 heavy (non-hydrogen) atoms. The van der Waals surface area contributed by atoms with E-state index in [1.807, 2.05) is 6.07 Å². The van der Waals surface area contributed by atoms with Crippen molar-refractivity contribution >= 4 is 23.2 Å². The van der Waals surface area contributed by atoms with Gasteiger partial charge < -0.3 is 10.0 Å². The van der Waals surface area contributed by atoms with Gasteiger partial charge in [0.15, 0.2) is 6.10 Å². The Hall–Kier alpha value is -1.78. The largest absolute Gasteiger partial charge is 0.416 e. The van der Waals surface area contributed by atoms with E-state index in [1.54, 1.807) is 0 Å². The molecule has 2 rings (SSSR count). The Morgan fingerprint density at radius 1 is 1.48 bits per heavy atom. The lowest BCUT2D eigenvalue weighted by Gasteiger charge is -2.30. The van der Waals surface area contributed by atoms with E-state index in [0.29, 0.717) is 0 Å². The van der Waals surface area contributed by atoms with E-state index in [4.69, 9.17) is 16.9 Å². The highest BCUT2D eigenvalue weighted by Gasteiger charge is 2.49. The van der Waals surface area contributed by atoms with Gasteiger partial charge in [-0.2, -0.15) is 18.4 Å². The maximum atomic E-state index is 12.7. The van der Waals surface area contributed by atoms with Crippen molar-refractivity contribution in [3.8, 4) is 6.07 Å². The number of nitrogens with zero attached hydrogens (tertiary/aromatic N) is 2. The maximum Gasteiger partial charge on any atom is 0.416 e. The molecule has 0 unspecified atom stereocenters. The van der Waals surface area contributed by atoms with Crippen molar-refractivity contribution in [2.45, 2.75) is 31.2 Å². The Morgan fingerprint density at radius 3 is 2.67 bits per heavy atom. The number of benzene rings is 1. The molecule has 0 spiro atoms. The third-order valence-electron chi connectivity index (χ3n) is 3.31. The zero-order valence-electron chi connectivity index (χ0n) is 10.6. The van der Waals surface area contributed by atoms with Crippen LogP contribution in [0.5, 0.6) is 0 Å². The normalized spacial score (nSPS) is 20.5. The van der Waals surface area contributed by atoms with Crippen LogP contribution in [0.2, 0.25) is 5.02 Å².